The van der Waals surface area contributed by atoms with Gasteiger partial charge in [-0.2, -0.15) is 35.1 Å². The highest BCUT2D eigenvalue weighted by molar-refractivity contribution is 5.89. The maximum absolute atomic E-state index is 12.3. The van der Waals surface area contributed by atoms with Crippen molar-refractivity contribution in [3.63, 3.8) is 0 Å². The molecular weight excluding hydrogens is 484 g/mol. The first-order valence-electron chi connectivity index (χ1n) is 8.17. The van der Waals surface area contributed by atoms with Crippen molar-refractivity contribution in [2.24, 2.45) is 0 Å². The van der Waals surface area contributed by atoms with Crippen molar-refractivity contribution >= 4 is 23.9 Å². The number of carbonyl (C=O) groups excluding carboxylic acids is 4. The molecule has 0 aliphatic carbocycles. The highest BCUT2D eigenvalue weighted by Crippen LogP contribution is 2.35. The molecule has 8 nitrogen and oxygen atoms in total. The van der Waals surface area contributed by atoms with E-state index in [-0.39, 0.29) is 11.1 Å². The summed E-state index contributed by atoms with van der Waals surface area (Å²) in [5, 5.41) is 0. The van der Waals surface area contributed by atoms with Crippen LogP contribution in [-0.2, 0) is 38.1 Å². The molecule has 190 valence electrons. The predicted octanol–water partition coefficient (Wildman–Crippen LogP) is 3.06. The van der Waals surface area contributed by atoms with E-state index in [0.29, 0.717) is 0 Å². The fraction of sp³-hybridized carbons (Fsp3) is 0.529. The van der Waals surface area contributed by atoms with Crippen LogP contribution in [0.5, 0.6) is 0 Å². The lowest BCUT2D eigenvalue weighted by Gasteiger charge is -2.18. The zero-order valence-corrected chi connectivity index (χ0v) is 17.0. The number of rotatable bonds is 9. The minimum Gasteiger partial charge on any atom is -0.456 e. The van der Waals surface area contributed by atoms with Gasteiger partial charge in [0.15, 0.2) is 26.4 Å². The van der Waals surface area contributed by atoms with E-state index in [2.05, 4.69) is 32.1 Å². The molecule has 0 radical (unpaired) electrons. The summed E-state index contributed by atoms with van der Waals surface area (Å²) >= 11 is 0. The molecule has 0 aliphatic rings. The molecule has 0 saturated carbocycles. The van der Waals surface area contributed by atoms with Gasteiger partial charge in [0.2, 0.25) is 0 Å². The first-order valence-corrected chi connectivity index (χ1v) is 8.17. The second-order valence-electron chi connectivity index (χ2n) is 5.85. The van der Waals surface area contributed by atoms with E-state index in [1.54, 1.807) is 0 Å². The van der Waals surface area contributed by atoms with Crippen LogP contribution >= 0.6 is 0 Å². The van der Waals surface area contributed by atoms with E-state index in [1.165, 1.54) is 13.8 Å². The van der Waals surface area contributed by atoms with Gasteiger partial charge in [0.05, 0.1) is 0 Å². The quantitative estimate of drug-likeness (QED) is 0.205. The topological polar surface area (TPSA) is 105 Å². The molecule has 0 aromatic rings. The molecule has 0 spiro atoms. The van der Waals surface area contributed by atoms with E-state index in [4.69, 9.17) is 0 Å². The average molecular weight is 502 g/mol. The monoisotopic (exact) mass is 502 g/mol. The van der Waals surface area contributed by atoms with Gasteiger partial charge in [-0.25, -0.2) is 19.2 Å². The summed E-state index contributed by atoms with van der Waals surface area (Å²) in [7, 11) is 0. The maximum atomic E-state index is 12.3. The van der Waals surface area contributed by atoms with Crippen molar-refractivity contribution in [2.75, 3.05) is 26.4 Å². The van der Waals surface area contributed by atoms with Crippen molar-refractivity contribution in [3.8, 4) is 0 Å². The van der Waals surface area contributed by atoms with Gasteiger partial charge in [-0.1, -0.05) is 13.2 Å². The van der Waals surface area contributed by atoms with Gasteiger partial charge in [-0.3, -0.25) is 0 Å². The Labute approximate surface area is 181 Å². The van der Waals surface area contributed by atoms with Crippen molar-refractivity contribution in [3.05, 3.63) is 24.3 Å². The van der Waals surface area contributed by atoms with Crippen LogP contribution in [0.4, 0.5) is 35.1 Å². The Hall–Kier alpha value is -3.20. The van der Waals surface area contributed by atoms with Gasteiger partial charge in [0.25, 0.3) is 0 Å². The van der Waals surface area contributed by atoms with Gasteiger partial charge >= 0.3 is 42.2 Å². The van der Waals surface area contributed by atoms with Crippen LogP contribution in [0.2, 0.25) is 0 Å². The summed E-state index contributed by atoms with van der Waals surface area (Å²) < 4.78 is 110. The van der Waals surface area contributed by atoms with Gasteiger partial charge in [0.1, 0.15) is 0 Å². The molecule has 33 heavy (non-hydrogen) atoms. The smallest absolute Gasteiger partial charge is 0.456 e. The standard InChI is InChI=1S/C9H9F5O4.C8H9F3O4/c1-5(2)7(16)17-3-6(15)18-4-8(10,11)9(12,13)14;1-5(2)7(13)14-3-6(12)15-4-8(9,10)11/h1,3-4H2,2H3;1,3-4H2,2H3. The number of carbonyl (C=O) groups is 4. The van der Waals surface area contributed by atoms with Crippen molar-refractivity contribution < 1.29 is 73.2 Å². The third kappa shape index (κ3) is 16.1. The number of alkyl halides is 8. The highest BCUT2D eigenvalue weighted by atomic mass is 19.4. The molecule has 0 fully saturated rings. The van der Waals surface area contributed by atoms with Gasteiger partial charge in [-0.15, -0.1) is 0 Å². The third-order valence-electron chi connectivity index (χ3n) is 2.57. The van der Waals surface area contributed by atoms with Crippen LogP contribution in [-0.4, -0.2) is 68.6 Å². The minimum atomic E-state index is -5.82. The molecule has 0 aliphatic heterocycles. The summed E-state index contributed by atoms with van der Waals surface area (Å²) in [6, 6.07) is 0. The molecule has 0 N–H and O–H groups in total. The maximum Gasteiger partial charge on any atom is 0.456 e. The summed E-state index contributed by atoms with van der Waals surface area (Å²) in [6.45, 7) is 3.16. The predicted molar refractivity (Wildman–Crippen MR) is 90.5 cm³/mol. The van der Waals surface area contributed by atoms with Crippen LogP contribution in [0.3, 0.4) is 0 Å². The summed E-state index contributed by atoms with van der Waals surface area (Å²) in [4.78, 5) is 42.7. The Morgan fingerprint density at radius 1 is 0.636 bits per heavy atom. The average Bonchev–Trinajstić information content (AvgIpc) is 2.65. The van der Waals surface area contributed by atoms with Crippen LogP contribution in [0.1, 0.15) is 13.8 Å². The zero-order valence-electron chi connectivity index (χ0n) is 17.0. The molecule has 0 aromatic heterocycles. The van der Waals surface area contributed by atoms with Crippen LogP contribution in [0, 0.1) is 0 Å². The first-order chi connectivity index (χ1) is 14.7. The third-order valence-corrected chi connectivity index (χ3v) is 2.57. The molecule has 16 heteroatoms. The largest absolute Gasteiger partial charge is 0.456 e. The number of halogens is 8. The molecule has 0 saturated heterocycles. The van der Waals surface area contributed by atoms with Gasteiger partial charge < -0.3 is 18.9 Å². The molecule has 0 aromatic carbocycles. The second kappa shape index (κ2) is 13.4. The van der Waals surface area contributed by atoms with E-state index in [9.17, 15) is 54.3 Å². The van der Waals surface area contributed by atoms with E-state index in [1.807, 2.05) is 0 Å². The van der Waals surface area contributed by atoms with Crippen LogP contribution < -0.4 is 0 Å². The fourth-order valence-electron chi connectivity index (χ4n) is 0.994. The minimum absolute atomic E-state index is 0.0404. The molecule has 0 bridgehead atoms. The van der Waals surface area contributed by atoms with E-state index < -0.39 is 68.6 Å². The number of ether oxygens (including phenoxy) is 4. The Balaban J connectivity index is 0. The lowest BCUT2D eigenvalue weighted by atomic mass is 10.3. The van der Waals surface area contributed by atoms with Crippen molar-refractivity contribution in [2.45, 2.75) is 32.1 Å². The molecule has 0 heterocycles. The lowest BCUT2D eigenvalue weighted by molar-refractivity contribution is -0.294. The Bertz CT molecular complexity index is 740. The first kappa shape index (κ1) is 32.0. The highest BCUT2D eigenvalue weighted by Gasteiger charge is 2.58. The van der Waals surface area contributed by atoms with Crippen molar-refractivity contribution in [1.29, 1.82) is 0 Å². The SMILES string of the molecule is C=C(C)C(=O)OCC(=O)OCC(F)(F)C(F)(F)F.C=C(C)C(=O)OCC(=O)OCC(F)(F)F. The summed E-state index contributed by atoms with van der Waals surface area (Å²) in [5.41, 5.74) is -0.0259. The number of esters is 4. The zero-order chi connectivity index (χ0) is 26.6. The molecule has 0 rings (SSSR count). The van der Waals surface area contributed by atoms with Gasteiger partial charge in [-0.05, 0) is 13.8 Å². The Morgan fingerprint density at radius 3 is 1.24 bits per heavy atom. The summed E-state index contributed by atoms with van der Waals surface area (Å²) in [6.07, 6.45) is -10.4. The molecule has 0 amide bonds. The van der Waals surface area contributed by atoms with Crippen LogP contribution in [0.15, 0.2) is 24.3 Å². The number of hydrogen-bond acceptors (Lipinski definition) is 8. The molecule has 0 unspecified atom stereocenters. The molecular formula is C17H18F8O8. The lowest BCUT2D eigenvalue weighted by Crippen LogP contribution is -2.41. The summed E-state index contributed by atoms with van der Waals surface area (Å²) in [5.74, 6) is -9.79. The van der Waals surface area contributed by atoms with Crippen molar-refractivity contribution in [1.82, 2.24) is 0 Å². The van der Waals surface area contributed by atoms with Crippen LogP contribution in [0.25, 0.3) is 0 Å². The van der Waals surface area contributed by atoms with Gasteiger partial charge in [0, 0.05) is 11.1 Å². The molecule has 0 atom stereocenters. The Kier molecular flexibility index (Phi) is 13.0. The second-order valence-corrected chi connectivity index (χ2v) is 5.85. The number of hydrogen-bond donors (Lipinski definition) is 0. The Morgan fingerprint density at radius 2 is 0.970 bits per heavy atom. The van der Waals surface area contributed by atoms with E-state index >= 15 is 0 Å². The van der Waals surface area contributed by atoms with E-state index in [0.717, 1.165) is 0 Å². The fourth-order valence-corrected chi connectivity index (χ4v) is 0.994. The normalized spacial score (nSPS) is 11.3.